The molecule has 1 aliphatic heterocycles. The Balaban J connectivity index is 1.81. The minimum absolute atomic E-state index is 0.0863. The van der Waals surface area contributed by atoms with Gasteiger partial charge in [-0.2, -0.15) is 0 Å². The van der Waals surface area contributed by atoms with E-state index in [1.165, 1.54) is 7.11 Å². The van der Waals surface area contributed by atoms with Crippen LogP contribution in [0.3, 0.4) is 0 Å². The van der Waals surface area contributed by atoms with Crippen molar-refractivity contribution in [3.05, 3.63) is 29.7 Å². The average molecular weight is 302 g/mol. The molecule has 3 heterocycles. The predicted octanol–water partition coefficient (Wildman–Crippen LogP) is 1.06. The van der Waals surface area contributed by atoms with Crippen molar-refractivity contribution < 1.29 is 14.3 Å². The van der Waals surface area contributed by atoms with Crippen molar-refractivity contribution in [3.63, 3.8) is 0 Å². The summed E-state index contributed by atoms with van der Waals surface area (Å²) >= 11 is 0. The van der Waals surface area contributed by atoms with Crippen molar-refractivity contribution in [1.82, 2.24) is 19.5 Å². The second-order valence-electron chi connectivity index (χ2n) is 5.50. The van der Waals surface area contributed by atoms with Gasteiger partial charge in [0.15, 0.2) is 5.65 Å². The van der Waals surface area contributed by atoms with E-state index in [9.17, 15) is 9.59 Å². The van der Waals surface area contributed by atoms with Crippen LogP contribution in [0.25, 0.3) is 5.65 Å². The minimum atomic E-state index is -0.249. The molecule has 1 atom stereocenters. The molecule has 0 spiro atoms. The Hall–Kier alpha value is -2.44. The Kier molecular flexibility index (Phi) is 3.79. The molecule has 7 nitrogen and oxygen atoms in total. The lowest BCUT2D eigenvalue weighted by Gasteiger charge is -2.31. The quantitative estimate of drug-likeness (QED) is 0.775. The van der Waals surface area contributed by atoms with Crippen molar-refractivity contribution >= 4 is 17.5 Å². The molecule has 1 saturated heterocycles. The topological polar surface area (TPSA) is 76.8 Å². The number of rotatable bonds is 2. The molecule has 0 aliphatic carbocycles. The maximum Gasteiger partial charge on any atom is 0.310 e. The smallest absolute Gasteiger partial charge is 0.310 e. The third kappa shape index (κ3) is 2.54. The fourth-order valence-corrected chi connectivity index (χ4v) is 2.85. The summed E-state index contributed by atoms with van der Waals surface area (Å²) in [4.78, 5) is 26.0. The average Bonchev–Trinajstić information content (AvgIpc) is 2.94. The van der Waals surface area contributed by atoms with Gasteiger partial charge in [0.25, 0.3) is 5.91 Å². The van der Waals surface area contributed by atoms with Crippen LogP contribution in [0.15, 0.2) is 18.3 Å². The molecule has 0 radical (unpaired) electrons. The lowest BCUT2D eigenvalue weighted by atomic mass is 9.97. The summed E-state index contributed by atoms with van der Waals surface area (Å²) in [7, 11) is 1.38. The monoisotopic (exact) mass is 302 g/mol. The number of pyridine rings is 1. The second-order valence-corrected chi connectivity index (χ2v) is 5.50. The van der Waals surface area contributed by atoms with Gasteiger partial charge in [-0.25, -0.2) is 0 Å². The summed E-state index contributed by atoms with van der Waals surface area (Å²) in [5, 5.41) is 8.01. The van der Waals surface area contributed by atoms with Crippen LogP contribution >= 0.6 is 0 Å². The Morgan fingerprint density at radius 2 is 2.18 bits per heavy atom. The number of nitrogens with zero attached hydrogens (tertiary/aromatic N) is 4. The number of carbonyl (C=O) groups excluding carboxylic acids is 2. The van der Waals surface area contributed by atoms with Crippen LogP contribution in [0.4, 0.5) is 0 Å². The van der Waals surface area contributed by atoms with Crippen LogP contribution in [-0.2, 0) is 9.53 Å². The number of carbonyl (C=O) groups is 2. The Labute approximate surface area is 127 Å². The van der Waals surface area contributed by atoms with Gasteiger partial charge in [0.2, 0.25) is 0 Å². The molecule has 1 amide bonds. The van der Waals surface area contributed by atoms with Gasteiger partial charge in [-0.15, -0.1) is 10.2 Å². The molecule has 0 aromatic carbocycles. The number of esters is 1. The predicted molar refractivity (Wildman–Crippen MR) is 78.4 cm³/mol. The number of hydrogen-bond donors (Lipinski definition) is 0. The molecule has 22 heavy (non-hydrogen) atoms. The third-order valence-corrected chi connectivity index (χ3v) is 4.07. The molecule has 1 fully saturated rings. The number of methoxy groups -OCH3 is 1. The highest BCUT2D eigenvalue weighted by atomic mass is 16.5. The zero-order valence-corrected chi connectivity index (χ0v) is 12.7. The van der Waals surface area contributed by atoms with Crippen LogP contribution < -0.4 is 0 Å². The van der Waals surface area contributed by atoms with Crippen LogP contribution in [-0.4, -0.2) is 51.6 Å². The van der Waals surface area contributed by atoms with Crippen molar-refractivity contribution in [3.8, 4) is 0 Å². The van der Waals surface area contributed by atoms with Gasteiger partial charge in [0, 0.05) is 24.8 Å². The van der Waals surface area contributed by atoms with Crippen LogP contribution in [0.2, 0.25) is 0 Å². The van der Waals surface area contributed by atoms with Crippen LogP contribution in [0.1, 0.15) is 29.0 Å². The number of fused-ring (bicyclic) bond motifs is 1. The van der Waals surface area contributed by atoms with E-state index in [0.717, 1.165) is 18.7 Å². The van der Waals surface area contributed by atoms with Gasteiger partial charge >= 0.3 is 5.97 Å². The fourth-order valence-electron chi connectivity index (χ4n) is 2.85. The van der Waals surface area contributed by atoms with E-state index < -0.39 is 0 Å². The fraction of sp³-hybridized carbons (Fsp3) is 0.467. The van der Waals surface area contributed by atoms with Gasteiger partial charge in [0.1, 0.15) is 5.82 Å². The Morgan fingerprint density at radius 1 is 1.36 bits per heavy atom. The van der Waals surface area contributed by atoms with E-state index in [1.807, 2.05) is 11.3 Å². The highest BCUT2D eigenvalue weighted by Crippen LogP contribution is 2.20. The van der Waals surface area contributed by atoms with E-state index in [2.05, 4.69) is 10.2 Å². The van der Waals surface area contributed by atoms with E-state index in [1.54, 1.807) is 23.2 Å². The highest BCUT2D eigenvalue weighted by molar-refractivity contribution is 5.95. The molecule has 116 valence electrons. The molecule has 0 N–H and O–H groups in total. The maximum absolute atomic E-state index is 12.6. The summed E-state index contributed by atoms with van der Waals surface area (Å²) < 4.78 is 6.61. The number of amides is 1. The number of aromatic nitrogens is 3. The number of ether oxygens (including phenoxy) is 1. The first-order valence-electron chi connectivity index (χ1n) is 7.28. The molecular formula is C15H18N4O3. The van der Waals surface area contributed by atoms with Crippen molar-refractivity contribution in [1.29, 1.82) is 0 Å². The first-order valence-corrected chi connectivity index (χ1v) is 7.28. The van der Waals surface area contributed by atoms with Crippen molar-refractivity contribution in [2.75, 3.05) is 20.2 Å². The summed E-state index contributed by atoms with van der Waals surface area (Å²) in [6.07, 6.45) is 3.36. The maximum atomic E-state index is 12.6. The molecule has 1 unspecified atom stereocenters. The van der Waals surface area contributed by atoms with E-state index in [-0.39, 0.29) is 17.8 Å². The summed E-state index contributed by atoms with van der Waals surface area (Å²) in [6, 6.07) is 3.48. The lowest BCUT2D eigenvalue weighted by Crippen LogP contribution is -2.42. The van der Waals surface area contributed by atoms with Crippen molar-refractivity contribution in [2.24, 2.45) is 5.92 Å². The molecule has 0 saturated carbocycles. The Bertz CT molecular complexity index is 725. The van der Waals surface area contributed by atoms with E-state index >= 15 is 0 Å². The summed E-state index contributed by atoms with van der Waals surface area (Å²) in [6.45, 7) is 2.92. The van der Waals surface area contributed by atoms with Gasteiger partial charge < -0.3 is 9.64 Å². The SMILES string of the molecule is COC(=O)C1CCCN(C(=O)c2ccn3c(C)nnc3c2)C1. The number of likely N-dealkylation sites (tertiary alicyclic amines) is 1. The summed E-state index contributed by atoms with van der Waals surface area (Å²) in [5.41, 5.74) is 1.20. The lowest BCUT2D eigenvalue weighted by molar-refractivity contribution is -0.146. The third-order valence-electron chi connectivity index (χ3n) is 4.07. The standard InChI is InChI=1S/C15H18N4O3/c1-10-16-17-13-8-11(5-7-19(10)13)14(20)18-6-3-4-12(9-18)15(21)22-2/h5,7-8,12H,3-4,6,9H2,1-2H3. The number of hydrogen-bond acceptors (Lipinski definition) is 5. The van der Waals surface area contributed by atoms with Crippen LogP contribution in [0, 0.1) is 12.8 Å². The molecule has 2 aromatic rings. The van der Waals surface area contributed by atoms with Gasteiger partial charge in [-0.3, -0.25) is 14.0 Å². The highest BCUT2D eigenvalue weighted by Gasteiger charge is 2.29. The molecule has 1 aliphatic rings. The first kappa shape index (κ1) is 14.5. The molecule has 7 heteroatoms. The molecular weight excluding hydrogens is 284 g/mol. The van der Waals surface area contributed by atoms with Gasteiger partial charge in [-0.05, 0) is 31.9 Å². The largest absolute Gasteiger partial charge is 0.469 e. The zero-order chi connectivity index (χ0) is 15.7. The second kappa shape index (κ2) is 5.75. The Morgan fingerprint density at radius 3 is 2.95 bits per heavy atom. The molecule has 0 bridgehead atoms. The van der Waals surface area contributed by atoms with Gasteiger partial charge in [0.05, 0.1) is 13.0 Å². The normalized spacial score (nSPS) is 18.5. The van der Waals surface area contributed by atoms with E-state index in [0.29, 0.717) is 24.3 Å². The first-order chi connectivity index (χ1) is 10.6. The van der Waals surface area contributed by atoms with Gasteiger partial charge in [-0.1, -0.05) is 0 Å². The number of piperidine rings is 1. The molecule has 3 rings (SSSR count). The van der Waals surface area contributed by atoms with Crippen molar-refractivity contribution in [2.45, 2.75) is 19.8 Å². The van der Waals surface area contributed by atoms with Crippen LogP contribution in [0.5, 0.6) is 0 Å². The molecule has 2 aromatic heterocycles. The van der Waals surface area contributed by atoms with E-state index in [4.69, 9.17) is 4.74 Å². The number of aryl methyl sites for hydroxylation is 1. The zero-order valence-electron chi connectivity index (χ0n) is 12.7. The summed E-state index contributed by atoms with van der Waals surface area (Å²) in [5.74, 6) is 0.206. The minimum Gasteiger partial charge on any atom is -0.469 e.